The highest BCUT2D eigenvalue weighted by Crippen LogP contribution is 2.30. The number of benzene rings is 2. The summed E-state index contributed by atoms with van der Waals surface area (Å²) in [6, 6.07) is 16.3. The molecule has 9 heteroatoms. The van der Waals surface area contributed by atoms with Crippen LogP contribution in [0.15, 0.2) is 62.6 Å². The zero-order chi connectivity index (χ0) is 28.2. The van der Waals surface area contributed by atoms with Gasteiger partial charge >= 0.3 is 5.76 Å². The Morgan fingerprint density at radius 3 is 2.48 bits per heavy atom. The molecule has 2 N–H and O–H groups in total. The fourth-order valence-corrected chi connectivity index (χ4v) is 5.23. The summed E-state index contributed by atoms with van der Waals surface area (Å²) in [4.78, 5) is 33.9. The molecule has 1 saturated carbocycles. The van der Waals surface area contributed by atoms with Crippen molar-refractivity contribution in [1.29, 1.82) is 0 Å². The number of H-pyrrole nitrogens is 1. The molecule has 40 heavy (non-hydrogen) atoms. The largest absolute Gasteiger partial charge is 0.439 e. The standard InChI is InChI=1S/C31H35N5O3S/c1-4-5-10-26-33-28(19(2)3)25(17-27(40)32-22-15-16-22)30(37)36(26)18-20-11-13-21(14-12-20)23-8-6-7-9-24(23)29-34-31(38)39-35-29/h6-9,11-14,19,22H,4-5,10,15-18H2,1-3H3,(H,32,40)(H,34,35,38). The fourth-order valence-electron chi connectivity index (χ4n) is 4.92. The Morgan fingerprint density at radius 1 is 1.12 bits per heavy atom. The Morgan fingerprint density at radius 2 is 1.85 bits per heavy atom. The molecule has 0 bridgehead atoms. The van der Waals surface area contributed by atoms with E-state index in [0.29, 0.717) is 35.4 Å². The predicted molar refractivity (Wildman–Crippen MR) is 161 cm³/mol. The molecule has 0 spiro atoms. The van der Waals surface area contributed by atoms with Crippen LogP contribution < -0.4 is 16.6 Å². The number of unbranched alkanes of at least 4 members (excludes halogenated alkanes) is 1. The van der Waals surface area contributed by atoms with E-state index in [-0.39, 0.29) is 11.5 Å². The van der Waals surface area contributed by atoms with Crippen molar-refractivity contribution < 1.29 is 4.52 Å². The summed E-state index contributed by atoms with van der Waals surface area (Å²) in [5, 5.41) is 7.23. The minimum absolute atomic E-state index is 0.00541. The molecule has 2 aromatic carbocycles. The molecule has 2 aromatic heterocycles. The van der Waals surface area contributed by atoms with E-state index >= 15 is 0 Å². The Labute approximate surface area is 238 Å². The predicted octanol–water partition coefficient (Wildman–Crippen LogP) is 5.39. The van der Waals surface area contributed by atoms with Crippen LogP contribution in [0.3, 0.4) is 0 Å². The van der Waals surface area contributed by atoms with Gasteiger partial charge in [0, 0.05) is 30.0 Å². The van der Waals surface area contributed by atoms with E-state index in [4.69, 9.17) is 21.7 Å². The van der Waals surface area contributed by atoms with E-state index in [1.165, 1.54) is 0 Å². The van der Waals surface area contributed by atoms with Crippen molar-refractivity contribution in [2.45, 2.75) is 77.8 Å². The number of nitrogens with zero attached hydrogens (tertiary/aromatic N) is 3. The SMILES string of the molecule is CCCCc1nc(C(C)C)c(CC(=S)NC2CC2)c(=O)n1Cc1ccc(-c2ccccc2-c2noc(=O)[nH]2)cc1. The summed E-state index contributed by atoms with van der Waals surface area (Å²) >= 11 is 5.62. The molecular weight excluding hydrogens is 522 g/mol. The van der Waals surface area contributed by atoms with Crippen LogP contribution in [0.25, 0.3) is 22.5 Å². The van der Waals surface area contributed by atoms with Gasteiger partial charge in [-0.1, -0.05) is 93.1 Å². The zero-order valence-electron chi connectivity index (χ0n) is 23.2. The van der Waals surface area contributed by atoms with Crippen molar-refractivity contribution in [3.8, 4) is 22.5 Å². The Balaban J connectivity index is 1.48. The van der Waals surface area contributed by atoms with E-state index in [9.17, 15) is 9.59 Å². The lowest BCUT2D eigenvalue weighted by atomic mass is 9.98. The molecule has 0 unspecified atom stereocenters. The fraction of sp³-hybridized carbons (Fsp3) is 0.387. The van der Waals surface area contributed by atoms with E-state index in [2.05, 4.69) is 36.2 Å². The second kappa shape index (κ2) is 12.1. The summed E-state index contributed by atoms with van der Waals surface area (Å²) in [5.74, 6) is 0.741. The number of hydrogen-bond donors (Lipinski definition) is 2. The van der Waals surface area contributed by atoms with Gasteiger partial charge in [0.1, 0.15) is 5.82 Å². The van der Waals surface area contributed by atoms with Crippen LogP contribution in [-0.2, 0) is 19.4 Å². The lowest BCUT2D eigenvalue weighted by molar-refractivity contribution is 0.388. The van der Waals surface area contributed by atoms with Crippen LogP contribution >= 0.6 is 12.2 Å². The number of hydrogen-bond acceptors (Lipinski definition) is 6. The highest BCUT2D eigenvalue weighted by atomic mass is 32.1. The third-order valence-corrected chi connectivity index (χ3v) is 7.44. The number of thiocarbonyl (C=S) groups is 1. The van der Waals surface area contributed by atoms with Crippen molar-refractivity contribution in [3.05, 3.63) is 92.1 Å². The molecule has 0 aliphatic heterocycles. The van der Waals surface area contributed by atoms with Gasteiger partial charge in [0.15, 0.2) is 5.82 Å². The van der Waals surface area contributed by atoms with E-state index < -0.39 is 5.76 Å². The summed E-state index contributed by atoms with van der Waals surface area (Å²) in [6.45, 7) is 6.74. The van der Waals surface area contributed by atoms with Gasteiger partial charge in [-0.05, 0) is 41.9 Å². The van der Waals surface area contributed by atoms with Crippen LogP contribution in [0.1, 0.15) is 75.0 Å². The van der Waals surface area contributed by atoms with Crippen molar-refractivity contribution in [1.82, 2.24) is 25.0 Å². The van der Waals surface area contributed by atoms with Gasteiger partial charge < -0.3 is 5.32 Å². The van der Waals surface area contributed by atoms with Crippen molar-refractivity contribution in [2.24, 2.45) is 0 Å². The molecule has 208 valence electrons. The number of aromatic nitrogens is 4. The summed E-state index contributed by atoms with van der Waals surface area (Å²) in [5.41, 5.74) is 5.20. The first-order valence-corrected chi connectivity index (χ1v) is 14.4. The lowest BCUT2D eigenvalue weighted by Crippen LogP contribution is -2.34. The molecular formula is C31H35N5O3S. The zero-order valence-corrected chi connectivity index (χ0v) is 24.0. The molecule has 5 rings (SSSR count). The van der Waals surface area contributed by atoms with E-state index in [1.54, 1.807) is 0 Å². The summed E-state index contributed by atoms with van der Waals surface area (Å²) in [7, 11) is 0. The number of nitrogens with one attached hydrogen (secondary N) is 2. The van der Waals surface area contributed by atoms with Crippen molar-refractivity contribution in [3.63, 3.8) is 0 Å². The molecule has 2 heterocycles. The van der Waals surface area contributed by atoms with Gasteiger partial charge in [-0.3, -0.25) is 18.9 Å². The van der Waals surface area contributed by atoms with Crippen LogP contribution in [0.4, 0.5) is 0 Å². The third kappa shape index (κ3) is 6.31. The molecule has 4 aromatic rings. The number of aromatic amines is 1. The molecule has 0 saturated heterocycles. The van der Waals surface area contributed by atoms with E-state index in [0.717, 1.165) is 65.9 Å². The maximum absolute atomic E-state index is 14.0. The van der Waals surface area contributed by atoms with Crippen LogP contribution in [0, 0.1) is 0 Å². The Kier molecular flexibility index (Phi) is 8.40. The van der Waals surface area contributed by atoms with Crippen LogP contribution in [-0.4, -0.2) is 30.7 Å². The molecule has 0 atom stereocenters. The minimum atomic E-state index is -0.593. The average Bonchev–Trinajstić information content (AvgIpc) is 3.66. The highest BCUT2D eigenvalue weighted by Gasteiger charge is 2.24. The highest BCUT2D eigenvalue weighted by molar-refractivity contribution is 7.80. The maximum Gasteiger partial charge on any atom is 0.439 e. The Bertz CT molecular complexity index is 1610. The van der Waals surface area contributed by atoms with Crippen molar-refractivity contribution in [2.75, 3.05) is 0 Å². The molecule has 8 nitrogen and oxygen atoms in total. The monoisotopic (exact) mass is 557 g/mol. The van der Waals surface area contributed by atoms with Gasteiger partial charge in [-0.15, -0.1) is 0 Å². The average molecular weight is 558 g/mol. The maximum atomic E-state index is 14.0. The quantitative estimate of drug-likeness (QED) is 0.238. The van der Waals surface area contributed by atoms with Crippen LogP contribution in [0.2, 0.25) is 0 Å². The molecule has 1 aliphatic rings. The normalized spacial score (nSPS) is 13.1. The van der Waals surface area contributed by atoms with Gasteiger partial charge in [0.2, 0.25) is 0 Å². The molecule has 0 amide bonds. The topological polar surface area (TPSA) is 106 Å². The number of aryl methyl sites for hydroxylation is 1. The van der Waals surface area contributed by atoms with Gasteiger partial charge in [0.05, 0.1) is 17.2 Å². The second-order valence-corrected chi connectivity index (χ2v) is 11.2. The first-order valence-electron chi connectivity index (χ1n) is 14.0. The molecule has 1 fully saturated rings. The molecule has 0 radical (unpaired) electrons. The summed E-state index contributed by atoms with van der Waals surface area (Å²) in [6.07, 6.45) is 5.41. The first-order chi connectivity index (χ1) is 19.3. The minimum Gasteiger partial charge on any atom is -0.377 e. The first kappa shape index (κ1) is 27.7. The molecule has 1 aliphatic carbocycles. The Hall–Kier alpha value is -3.85. The van der Waals surface area contributed by atoms with Crippen molar-refractivity contribution >= 4 is 17.2 Å². The summed E-state index contributed by atoms with van der Waals surface area (Å²) < 4.78 is 6.55. The lowest BCUT2D eigenvalue weighted by Gasteiger charge is -2.20. The van der Waals surface area contributed by atoms with Gasteiger partial charge in [-0.2, -0.15) is 0 Å². The van der Waals surface area contributed by atoms with E-state index in [1.807, 2.05) is 53.1 Å². The van der Waals surface area contributed by atoms with Gasteiger partial charge in [-0.25, -0.2) is 9.78 Å². The second-order valence-electron chi connectivity index (χ2n) is 10.7. The number of rotatable bonds is 11. The van der Waals surface area contributed by atoms with Crippen LogP contribution in [0.5, 0.6) is 0 Å². The third-order valence-electron chi connectivity index (χ3n) is 7.18. The van der Waals surface area contributed by atoms with Gasteiger partial charge in [0.25, 0.3) is 5.56 Å². The smallest absolute Gasteiger partial charge is 0.377 e.